The quantitative estimate of drug-likeness (QED) is 0.686. The van der Waals surface area contributed by atoms with E-state index in [1.54, 1.807) is 6.92 Å². The van der Waals surface area contributed by atoms with Gasteiger partial charge in [0.2, 0.25) is 0 Å². The van der Waals surface area contributed by atoms with Crippen LogP contribution in [0.15, 0.2) is 11.4 Å². The Morgan fingerprint density at radius 2 is 2.35 bits per heavy atom. The topological polar surface area (TPSA) is 89.4 Å². The second-order valence-corrected chi connectivity index (χ2v) is 6.47. The van der Waals surface area contributed by atoms with Crippen molar-refractivity contribution in [3.63, 3.8) is 0 Å². The lowest BCUT2D eigenvalue weighted by molar-refractivity contribution is -0.137. The van der Waals surface area contributed by atoms with Crippen LogP contribution in [-0.2, 0) is 9.53 Å². The minimum Gasteiger partial charge on any atom is -0.477 e. The molecule has 20 heavy (non-hydrogen) atoms. The van der Waals surface area contributed by atoms with Crippen LogP contribution in [0.5, 0.6) is 0 Å². The standard InChI is InChI=1S/C12H10N2O4S2/c1-5-7-9(19-6-2-3-18-12(6)17)13-4-14-10(7)20-8(5)11(15)16/h4,6H,2-3H2,1H3,(H,15,16). The van der Waals surface area contributed by atoms with Crippen molar-refractivity contribution in [3.8, 4) is 0 Å². The second kappa shape index (κ2) is 5.02. The Balaban J connectivity index is 2.06. The molecular formula is C12H10N2O4S2. The molecule has 1 N–H and O–H groups in total. The highest BCUT2D eigenvalue weighted by atomic mass is 32.2. The van der Waals surface area contributed by atoms with Gasteiger partial charge >= 0.3 is 11.9 Å². The molecule has 3 rings (SSSR count). The maximum absolute atomic E-state index is 11.5. The largest absolute Gasteiger partial charge is 0.477 e. The fraction of sp³-hybridized carbons (Fsp3) is 0.333. The van der Waals surface area contributed by atoms with E-state index < -0.39 is 5.97 Å². The maximum atomic E-state index is 11.5. The van der Waals surface area contributed by atoms with E-state index in [-0.39, 0.29) is 16.1 Å². The Kier molecular flexibility index (Phi) is 3.35. The highest BCUT2D eigenvalue weighted by molar-refractivity contribution is 8.00. The number of carbonyl (C=O) groups excluding carboxylic acids is 1. The van der Waals surface area contributed by atoms with E-state index >= 15 is 0 Å². The van der Waals surface area contributed by atoms with Crippen LogP contribution in [0, 0.1) is 6.92 Å². The number of carboxylic acids is 1. The van der Waals surface area contributed by atoms with Gasteiger partial charge in [-0.15, -0.1) is 11.3 Å². The van der Waals surface area contributed by atoms with Crippen molar-refractivity contribution in [3.05, 3.63) is 16.8 Å². The van der Waals surface area contributed by atoms with Crippen LogP contribution in [0.4, 0.5) is 0 Å². The Labute approximate surface area is 122 Å². The molecule has 104 valence electrons. The molecule has 8 heteroatoms. The summed E-state index contributed by atoms with van der Waals surface area (Å²) in [5, 5.41) is 10.2. The van der Waals surface area contributed by atoms with Crippen molar-refractivity contribution >= 4 is 45.3 Å². The number of fused-ring (bicyclic) bond motifs is 1. The van der Waals surface area contributed by atoms with Gasteiger partial charge in [0, 0.05) is 11.8 Å². The minimum absolute atomic E-state index is 0.242. The number of thioether (sulfide) groups is 1. The van der Waals surface area contributed by atoms with Gasteiger partial charge < -0.3 is 9.84 Å². The SMILES string of the molecule is Cc1c(C(=O)O)sc2ncnc(SC3CCOC3=O)c12. The Hall–Kier alpha value is -1.67. The highest BCUT2D eigenvalue weighted by Crippen LogP contribution is 2.38. The summed E-state index contributed by atoms with van der Waals surface area (Å²) in [6, 6.07) is 0. The molecule has 3 heterocycles. The summed E-state index contributed by atoms with van der Waals surface area (Å²) in [7, 11) is 0. The first kappa shape index (κ1) is 13.3. The Morgan fingerprint density at radius 3 is 3.00 bits per heavy atom. The number of esters is 1. The Bertz CT molecular complexity index is 713. The van der Waals surface area contributed by atoms with E-state index in [1.807, 2.05) is 0 Å². The zero-order valence-electron chi connectivity index (χ0n) is 10.5. The molecule has 6 nitrogen and oxygen atoms in total. The normalized spacial score (nSPS) is 18.4. The molecule has 2 aromatic rings. The molecule has 0 bridgehead atoms. The number of cyclic esters (lactones) is 1. The van der Waals surface area contributed by atoms with Gasteiger partial charge in [-0.05, 0) is 12.5 Å². The zero-order valence-corrected chi connectivity index (χ0v) is 12.1. The van der Waals surface area contributed by atoms with Crippen molar-refractivity contribution in [2.75, 3.05) is 6.61 Å². The molecule has 1 aliphatic heterocycles. The molecule has 0 aromatic carbocycles. The summed E-state index contributed by atoms with van der Waals surface area (Å²) >= 11 is 2.44. The van der Waals surface area contributed by atoms with E-state index in [1.165, 1.54) is 18.1 Å². The van der Waals surface area contributed by atoms with Crippen molar-refractivity contribution in [2.45, 2.75) is 23.6 Å². The van der Waals surface area contributed by atoms with Gasteiger partial charge in [0.25, 0.3) is 0 Å². The first-order valence-corrected chi connectivity index (χ1v) is 7.58. The second-order valence-electron chi connectivity index (χ2n) is 4.28. The van der Waals surface area contributed by atoms with Crippen LogP contribution in [0.2, 0.25) is 0 Å². The average Bonchev–Trinajstić information content (AvgIpc) is 2.95. The number of aromatic nitrogens is 2. The molecule has 1 unspecified atom stereocenters. The summed E-state index contributed by atoms with van der Waals surface area (Å²) in [5.41, 5.74) is 0.645. The molecule has 0 radical (unpaired) electrons. The number of nitrogens with zero attached hydrogens (tertiary/aromatic N) is 2. The fourth-order valence-corrected chi connectivity index (χ4v) is 4.23. The number of carboxylic acid groups (broad SMARTS) is 1. The average molecular weight is 310 g/mol. The number of ether oxygens (including phenoxy) is 1. The number of thiophene rings is 1. The third kappa shape index (κ3) is 2.14. The molecule has 2 aromatic heterocycles. The van der Waals surface area contributed by atoms with Crippen LogP contribution < -0.4 is 0 Å². The number of rotatable bonds is 3. The van der Waals surface area contributed by atoms with Crippen LogP contribution in [-0.4, -0.2) is 38.9 Å². The third-order valence-electron chi connectivity index (χ3n) is 3.03. The molecule has 1 saturated heterocycles. The van der Waals surface area contributed by atoms with E-state index in [4.69, 9.17) is 9.84 Å². The monoisotopic (exact) mass is 310 g/mol. The number of hydrogen-bond donors (Lipinski definition) is 1. The lowest BCUT2D eigenvalue weighted by atomic mass is 10.2. The van der Waals surface area contributed by atoms with Crippen molar-refractivity contribution in [1.82, 2.24) is 9.97 Å². The van der Waals surface area contributed by atoms with E-state index in [9.17, 15) is 9.59 Å². The van der Waals surface area contributed by atoms with Crippen molar-refractivity contribution < 1.29 is 19.4 Å². The molecule has 1 fully saturated rings. The predicted molar refractivity (Wildman–Crippen MR) is 74.3 cm³/mol. The lowest BCUT2D eigenvalue weighted by Crippen LogP contribution is -2.09. The fourth-order valence-electron chi connectivity index (χ4n) is 2.05. The molecule has 1 aliphatic rings. The number of aromatic carboxylic acids is 1. The van der Waals surface area contributed by atoms with Gasteiger partial charge in [-0.25, -0.2) is 14.8 Å². The van der Waals surface area contributed by atoms with Gasteiger partial charge in [-0.1, -0.05) is 11.8 Å². The van der Waals surface area contributed by atoms with Crippen molar-refractivity contribution in [2.24, 2.45) is 0 Å². The Morgan fingerprint density at radius 1 is 1.55 bits per heavy atom. The summed E-state index contributed by atoms with van der Waals surface area (Å²) in [5.74, 6) is -1.21. The molecule has 0 saturated carbocycles. The highest BCUT2D eigenvalue weighted by Gasteiger charge is 2.29. The molecule has 0 aliphatic carbocycles. The van der Waals surface area contributed by atoms with E-state index in [2.05, 4.69) is 9.97 Å². The van der Waals surface area contributed by atoms with Crippen LogP contribution >= 0.6 is 23.1 Å². The number of hydrogen-bond acceptors (Lipinski definition) is 7. The molecule has 1 atom stereocenters. The summed E-state index contributed by atoms with van der Waals surface area (Å²) < 4.78 is 4.93. The predicted octanol–water partition coefficient (Wildman–Crippen LogP) is 2.11. The smallest absolute Gasteiger partial charge is 0.346 e. The molecule has 0 amide bonds. The minimum atomic E-state index is -0.971. The van der Waals surface area contributed by atoms with Crippen LogP contribution in [0.3, 0.4) is 0 Å². The van der Waals surface area contributed by atoms with Crippen LogP contribution in [0.1, 0.15) is 21.7 Å². The lowest BCUT2D eigenvalue weighted by Gasteiger charge is -2.06. The van der Waals surface area contributed by atoms with E-state index in [0.29, 0.717) is 28.4 Å². The van der Waals surface area contributed by atoms with Gasteiger partial charge in [-0.3, -0.25) is 4.79 Å². The van der Waals surface area contributed by atoms with E-state index in [0.717, 1.165) is 16.7 Å². The third-order valence-corrected chi connectivity index (χ3v) is 5.46. The molecular weight excluding hydrogens is 300 g/mol. The molecule has 0 spiro atoms. The van der Waals surface area contributed by atoms with Gasteiger partial charge in [-0.2, -0.15) is 0 Å². The van der Waals surface area contributed by atoms with Gasteiger partial charge in [0.15, 0.2) is 0 Å². The van der Waals surface area contributed by atoms with Gasteiger partial charge in [0.05, 0.1) is 6.61 Å². The number of carbonyl (C=O) groups is 2. The summed E-state index contributed by atoms with van der Waals surface area (Å²) in [4.78, 5) is 31.9. The van der Waals surface area contributed by atoms with Gasteiger partial charge in [0.1, 0.15) is 26.3 Å². The summed E-state index contributed by atoms with van der Waals surface area (Å²) in [6.45, 7) is 2.16. The van der Waals surface area contributed by atoms with Crippen molar-refractivity contribution in [1.29, 1.82) is 0 Å². The maximum Gasteiger partial charge on any atom is 0.346 e. The zero-order chi connectivity index (χ0) is 14.3. The van der Waals surface area contributed by atoms with Crippen LogP contribution in [0.25, 0.3) is 10.2 Å². The number of aryl methyl sites for hydroxylation is 1. The first-order chi connectivity index (χ1) is 9.58. The first-order valence-electron chi connectivity index (χ1n) is 5.88. The summed E-state index contributed by atoms with van der Waals surface area (Å²) in [6.07, 6.45) is 2.04.